The molecule has 0 bridgehead atoms. The SMILES string of the molecule is CN1CCCN(C(=O)c2ccc(-c3cc(C(F)(F)F)n(C)n3)s2)CC1. The third-order valence-corrected chi connectivity index (χ3v) is 5.34. The summed E-state index contributed by atoms with van der Waals surface area (Å²) in [5.41, 5.74) is -0.575. The molecule has 3 heterocycles. The Kier molecular flexibility index (Phi) is 4.88. The van der Waals surface area contributed by atoms with Crippen LogP contribution in [0.15, 0.2) is 18.2 Å². The van der Waals surface area contributed by atoms with Crippen molar-refractivity contribution in [3.05, 3.63) is 28.8 Å². The number of carbonyl (C=O) groups excluding carboxylic acids is 1. The molecule has 25 heavy (non-hydrogen) atoms. The number of aromatic nitrogens is 2. The molecule has 0 N–H and O–H groups in total. The second-order valence-electron chi connectivity index (χ2n) is 6.15. The van der Waals surface area contributed by atoms with Gasteiger partial charge in [-0.15, -0.1) is 11.3 Å². The highest BCUT2D eigenvalue weighted by Gasteiger charge is 2.35. The van der Waals surface area contributed by atoms with Crippen LogP contribution in [0.1, 0.15) is 21.8 Å². The summed E-state index contributed by atoms with van der Waals surface area (Å²) in [7, 11) is 3.29. The van der Waals surface area contributed by atoms with Gasteiger partial charge in [0.2, 0.25) is 0 Å². The summed E-state index contributed by atoms with van der Waals surface area (Å²) in [6.45, 7) is 3.12. The quantitative estimate of drug-likeness (QED) is 0.814. The maximum absolute atomic E-state index is 12.9. The molecule has 1 aliphatic heterocycles. The highest BCUT2D eigenvalue weighted by Crippen LogP contribution is 2.34. The van der Waals surface area contributed by atoms with E-state index in [9.17, 15) is 18.0 Å². The Morgan fingerprint density at radius 2 is 1.92 bits per heavy atom. The molecule has 0 radical (unpaired) electrons. The first-order valence-corrected chi connectivity index (χ1v) is 8.76. The van der Waals surface area contributed by atoms with E-state index in [1.807, 2.05) is 7.05 Å². The van der Waals surface area contributed by atoms with Gasteiger partial charge < -0.3 is 9.80 Å². The fourth-order valence-corrected chi connectivity index (χ4v) is 3.78. The molecule has 0 saturated carbocycles. The Bertz CT molecular complexity index is 768. The van der Waals surface area contributed by atoms with Crippen LogP contribution in [-0.4, -0.2) is 58.7 Å². The molecule has 9 heteroatoms. The molecular weight excluding hydrogens is 353 g/mol. The summed E-state index contributed by atoms with van der Waals surface area (Å²) < 4.78 is 39.5. The number of aryl methyl sites for hydroxylation is 1. The summed E-state index contributed by atoms with van der Waals surface area (Å²) in [4.78, 5) is 17.7. The van der Waals surface area contributed by atoms with Gasteiger partial charge in [-0.1, -0.05) is 0 Å². The summed E-state index contributed by atoms with van der Waals surface area (Å²) in [5.74, 6) is -0.0708. The molecule has 0 unspecified atom stereocenters. The predicted octanol–water partition coefficient (Wildman–Crippen LogP) is 2.95. The number of thiophene rings is 1. The molecule has 1 amide bonds. The summed E-state index contributed by atoms with van der Waals surface area (Å²) >= 11 is 1.18. The average Bonchev–Trinajstić information content (AvgIpc) is 3.10. The molecule has 0 atom stereocenters. The molecular formula is C16H19F3N4OS. The van der Waals surface area contributed by atoms with E-state index < -0.39 is 11.9 Å². The highest BCUT2D eigenvalue weighted by molar-refractivity contribution is 7.17. The number of amides is 1. The van der Waals surface area contributed by atoms with E-state index in [0.29, 0.717) is 22.8 Å². The van der Waals surface area contributed by atoms with E-state index in [0.717, 1.165) is 30.3 Å². The number of likely N-dealkylation sites (N-methyl/N-ethyl adjacent to an activating group) is 1. The molecule has 5 nitrogen and oxygen atoms in total. The van der Waals surface area contributed by atoms with Crippen molar-refractivity contribution in [3.8, 4) is 10.6 Å². The zero-order valence-corrected chi connectivity index (χ0v) is 14.8. The number of hydrogen-bond acceptors (Lipinski definition) is 4. The fraction of sp³-hybridized carbons (Fsp3) is 0.500. The minimum atomic E-state index is -4.45. The minimum absolute atomic E-state index is 0.0708. The molecule has 1 fully saturated rings. The van der Waals surface area contributed by atoms with Crippen molar-refractivity contribution < 1.29 is 18.0 Å². The zero-order valence-electron chi connectivity index (χ0n) is 14.0. The van der Waals surface area contributed by atoms with Gasteiger partial charge >= 0.3 is 6.18 Å². The van der Waals surface area contributed by atoms with Crippen LogP contribution in [0.2, 0.25) is 0 Å². The maximum Gasteiger partial charge on any atom is 0.433 e. The average molecular weight is 372 g/mol. The van der Waals surface area contributed by atoms with Crippen LogP contribution in [0.25, 0.3) is 10.6 Å². The second-order valence-corrected chi connectivity index (χ2v) is 7.23. The number of carbonyl (C=O) groups is 1. The molecule has 1 aliphatic rings. The largest absolute Gasteiger partial charge is 0.433 e. The summed E-state index contributed by atoms with van der Waals surface area (Å²) in [6, 6.07) is 4.34. The Morgan fingerprint density at radius 1 is 1.16 bits per heavy atom. The topological polar surface area (TPSA) is 41.4 Å². The van der Waals surface area contributed by atoms with E-state index >= 15 is 0 Å². The Labute approximate surface area is 147 Å². The standard InChI is InChI=1S/C16H19F3N4OS/c1-21-6-3-7-23(9-8-21)15(24)13-5-4-12(25-13)11-10-14(16(17,18)19)22(2)20-11/h4-5,10H,3,6-9H2,1-2H3. The van der Waals surface area contributed by atoms with Gasteiger partial charge in [-0.05, 0) is 38.2 Å². The van der Waals surface area contributed by atoms with Crippen LogP contribution in [0.5, 0.6) is 0 Å². The Morgan fingerprint density at radius 3 is 2.60 bits per heavy atom. The lowest BCUT2D eigenvalue weighted by Gasteiger charge is -2.19. The Hall–Kier alpha value is -1.87. The van der Waals surface area contributed by atoms with Crippen LogP contribution in [0.3, 0.4) is 0 Å². The molecule has 0 aromatic carbocycles. The van der Waals surface area contributed by atoms with E-state index in [2.05, 4.69) is 10.00 Å². The zero-order chi connectivity index (χ0) is 18.2. The first-order chi connectivity index (χ1) is 11.8. The second kappa shape index (κ2) is 6.80. The number of halogens is 3. The first kappa shape index (κ1) is 17.9. The van der Waals surface area contributed by atoms with Crippen LogP contribution >= 0.6 is 11.3 Å². The van der Waals surface area contributed by atoms with Gasteiger partial charge in [-0.2, -0.15) is 18.3 Å². The first-order valence-electron chi connectivity index (χ1n) is 7.95. The van der Waals surface area contributed by atoms with Gasteiger partial charge in [-0.25, -0.2) is 0 Å². The van der Waals surface area contributed by atoms with Crippen molar-refractivity contribution in [1.82, 2.24) is 19.6 Å². The smallest absolute Gasteiger partial charge is 0.337 e. The van der Waals surface area contributed by atoms with Gasteiger partial charge in [0.05, 0.1) is 9.75 Å². The van der Waals surface area contributed by atoms with Crippen molar-refractivity contribution in [3.63, 3.8) is 0 Å². The lowest BCUT2D eigenvalue weighted by molar-refractivity contribution is -0.143. The molecule has 1 saturated heterocycles. The Balaban J connectivity index is 1.79. The third kappa shape index (κ3) is 3.87. The van der Waals surface area contributed by atoms with Crippen molar-refractivity contribution >= 4 is 17.2 Å². The summed E-state index contributed by atoms with van der Waals surface area (Å²) in [5, 5.41) is 3.93. The predicted molar refractivity (Wildman–Crippen MR) is 89.5 cm³/mol. The highest BCUT2D eigenvalue weighted by atomic mass is 32.1. The van der Waals surface area contributed by atoms with Crippen molar-refractivity contribution in [1.29, 1.82) is 0 Å². The van der Waals surface area contributed by atoms with Crippen LogP contribution in [0.4, 0.5) is 13.2 Å². The monoisotopic (exact) mass is 372 g/mol. The van der Waals surface area contributed by atoms with Gasteiger partial charge in [0.15, 0.2) is 0 Å². The minimum Gasteiger partial charge on any atom is -0.337 e. The van der Waals surface area contributed by atoms with E-state index in [1.165, 1.54) is 18.4 Å². The van der Waals surface area contributed by atoms with Crippen LogP contribution in [-0.2, 0) is 13.2 Å². The lowest BCUT2D eigenvalue weighted by atomic mass is 10.3. The van der Waals surface area contributed by atoms with Gasteiger partial charge in [0.25, 0.3) is 5.91 Å². The van der Waals surface area contributed by atoms with Crippen LogP contribution in [0, 0.1) is 0 Å². The third-order valence-electron chi connectivity index (χ3n) is 4.25. The van der Waals surface area contributed by atoms with E-state index in [4.69, 9.17) is 0 Å². The maximum atomic E-state index is 12.9. The molecule has 2 aromatic rings. The fourth-order valence-electron chi connectivity index (χ4n) is 2.85. The molecule has 3 rings (SSSR count). The van der Waals surface area contributed by atoms with Crippen molar-refractivity contribution in [2.24, 2.45) is 7.05 Å². The van der Waals surface area contributed by atoms with E-state index in [1.54, 1.807) is 17.0 Å². The molecule has 2 aromatic heterocycles. The molecule has 0 aliphatic carbocycles. The lowest BCUT2D eigenvalue weighted by Crippen LogP contribution is -2.34. The van der Waals surface area contributed by atoms with Gasteiger partial charge in [-0.3, -0.25) is 9.48 Å². The van der Waals surface area contributed by atoms with Crippen molar-refractivity contribution in [2.75, 3.05) is 33.2 Å². The van der Waals surface area contributed by atoms with Crippen molar-refractivity contribution in [2.45, 2.75) is 12.6 Å². The van der Waals surface area contributed by atoms with Crippen LogP contribution < -0.4 is 0 Å². The van der Waals surface area contributed by atoms with E-state index in [-0.39, 0.29) is 11.6 Å². The number of rotatable bonds is 2. The molecule has 136 valence electrons. The number of alkyl halides is 3. The molecule has 0 spiro atoms. The normalized spacial score (nSPS) is 16.9. The summed E-state index contributed by atoms with van der Waals surface area (Å²) in [6.07, 6.45) is -3.54. The number of nitrogens with zero attached hydrogens (tertiary/aromatic N) is 4. The number of hydrogen-bond donors (Lipinski definition) is 0. The van der Waals surface area contributed by atoms with Gasteiger partial charge in [0, 0.05) is 26.7 Å². The van der Waals surface area contributed by atoms with Gasteiger partial charge in [0.1, 0.15) is 11.4 Å².